The summed E-state index contributed by atoms with van der Waals surface area (Å²) in [6.45, 7) is 4.52. The van der Waals surface area contributed by atoms with E-state index in [2.05, 4.69) is 11.4 Å². The molecule has 1 atom stereocenters. The number of hydrogen-bond donors (Lipinski definition) is 2. The molecule has 6 heteroatoms. The van der Waals surface area contributed by atoms with Crippen LogP contribution in [0.3, 0.4) is 0 Å². The molecule has 1 aromatic heterocycles. The summed E-state index contributed by atoms with van der Waals surface area (Å²) in [5, 5.41) is 8.06. The number of benzene rings is 1. The molecule has 108 valence electrons. The van der Waals surface area contributed by atoms with Crippen LogP contribution in [0.2, 0.25) is 0 Å². The van der Waals surface area contributed by atoms with Gasteiger partial charge in [-0.15, -0.1) is 0 Å². The summed E-state index contributed by atoms with van der Waals surface area (Å²) in [6, 6.07) is 11.3. The van der Waals surface area contributed by atoms with E-state index in [0.29, 0.717) is 12.3 Å². The van der Waals surface area contributed by atoms with Crippen LogP contribution >= 0.6 is 0 Å². The van der Waals surface area contributed by atoms with Gasteiger partial charge in [0.05, 0.1) is 6.54 Å². The van der Waals surface area contributed by atoms with Gasteiger partial charge in [-0.1, -0.05) is 29.8 Å². The third-order valence-electron chi connectivity index (χ3n) is 3.04. The van der Waals surface area contributed by atoms with Crippen LogP contribution in [0.4, 0.5) is 0 Å². The minimum atomic E-state index is -3.77. The molecule has 0 aliphatic heterocycles. The number of hydrogen-bond acceptors (Lipinski definition) is 4. The number of rotatable bonds is 5. The van der Waals surface area contributed by atoms with Crippen molar-refractivity contribution in [2.45, 2.75) is 31.5 Å². The van der Waals surface area contributed by atoms with E-state index < -0.39 is 10.0 Å². The molecule has 3 N–H and O–H groups in total. The summed E-state index contributed by atoms with van der Waals surface area (Å²) >= 11 is 0. The molecule has 20 heavy (non-hydrogen) atoms. The number of nitrogens with two attached hydrogens (primary N) is 1. The molecule has 2 aromatic rings. The molecule has 0 aliphatic rings. The lowest BCUT2D eigenvalue weighted by atomic mass is 10.1. The second-order valence-electron chi connectivity index (χ2n) is 4.78. The van der Waals surface area contributed by atoms with E-state index in [1.54, 1.807) is 6.07 Å². The highest BCUT2D eigenvalue weighted by Crippen LogP contribution is 2.16. The lowest BCUT2D eigenvalue weighted by molar-refractivity contribution is 0.393. The fourth-order valence-electron chi connectivity index (χ4n) is 1.92. The van der Waals surface area contributed by atoms with Crippen molar-refractivity contribution < 1.29 is 12.8 Å². The SMILES string of the molecule is Cc1cccc([C@@H](C)NCc2ccc(S(N)(=O)=O)o2)c1. The first-order valence-corrected chi connectivity index (χ1v) is 7.82. The molecule has 0 bridgehead atoms. The predicted octanol–water partition coefficient (Wildman–Crippen LogP) is 2.09. The molecule has 0 saturated heterocycles. The first-order chi connectivity index (χ1) is 9.36. The smallest absolute Gasteiger partial charge is 0.271 e. The molecule has 5 nitrogen and oxygen atoms in total. The van der Waals surface area contributed by atoms with Crippen molar-refractivity contribution in [2.24, 2.45) is 5.14 Å². The van der Waals surface area contributed by atoms with Gasteiger partial charge in [-0.3, -0.25) is 0 Å². The van der Waals surface area contributed by atoms with Gasteiger partial charge in [-0.25, -0.2) is 13.6 Å². The van der Waals surface area contributed by atoms with Gasteiger partial charge in [0, 0.05) is 6.04 Å². The van der Waals surface area contributed by atoms with E-state index in [0.717, 1.165) is 0 Å². The highest BCUT2D eigenvalue weighted by atomic mass is 32.2. The van der Waals surface area contributed by atoms with Crippen molar-refractivity contribution in [3.63, 3.8) is 0 Å². The Morgan fingerprint density at radius 2 is 2.05 bits per heavy atom. The zero-order chi connectivity index (χ0) is 14.8. The highest BCUT2D eigenvalue weighted by molar-refractivity contribution is 7.89. The normalized spacial score (nSPS) is 13.3. The van der Waals surface area contributed by atoms with E-state index in [1.165, 1.54) is 17.2 Å². The maximum Gasteiger partial charge on any atom is 0.271 e. The van der Waals surface area contributed by atoms with Gasteiger partial charge in [0.2, 0.25) is 5.09 Å². The summed E-state index contributed by atoms with van der Waals surface area (Å²) in [4.78, 5) is 0. The number of sulfonamides is 1. The van der Waals surface area contributed by atoms with Crippen LogP contribution in [-0.2, 0) is 16.6 Å². The Morgan fingerprint density at radius 1 is 1.30 bits per heavy atom. The number of nitrogens with one attached hydrogen (secondary N) is 1. The van der Waals surface area contributed by atoms with Gasteiger partial charge < -0.3 is 9.73 Å². The average molecular weight is 294 g/mol. The summed E-state index contributed by atoms with van der Waals surface area (Å²) in [7, 11) is -3.77. The van der Waals surface area contributed by atoms with E-state index in [1.807, 2.05) is 32.0 Å². The van der Waals surface area contributed by atoms with Crippen molar-refractivity contribution in [1.29, 1.82) is 0 Å². The second-order valence-corrected chi connectivity index (χ2v) is 6.27. The molecule has 0 unspecified atom stereocenters. The van der Waals surface area contributed by atoms with Crippen molar-refractivity contribution in [3.05, 3.63) is 53.3 Å². The summed E-state index contributed by atoms with van der Waals surface area (Å²) < 4.78 is 27.4. The Labute approximate surface area is 118 Å². The lowest BCUT2D eigenvalue weighted by Crippen LogP contribution is -2.17. The average Bonchev–Trinajstić information content (AvgIpc) is 2.84. The Morgan fingerprint density at radius 3 is 2.65 bits per heavy atom. The van der Waals surface area contributed by atoms with Gasteiger partial charge in [0.15, 0.2) is 0 Å². The number of primary sulfonamides is 1. The van der Waals surface area contributed by atoms with Crippen LogP contribution < -0.4 is 10.5 Å². The fourth-order valence-corrected chi connectivity index (χ4v) is 2.40. The van der Waals surface area contributed by atoms with E-state index in [9.17, 15) is 8.42 Å². The molecule has 0 amide bonds. The zero-order valence-corrected chi connectivity index (χ0v) is 12.3. The summed E-state index contributed by atoms with van der Waals surface area (Å²) in [6.07, 6.45) is 0. The Kier molecular flexibility index (Phi) is 4.27. The van der Waals surface area contributed by atoms with Crippen LogP contribution in [0, 0.1) is 6.92 Å². The first-order valence-electron chi connectivity index (χ1n) is 6.28. The molecular formula is C14H18N2O3S. The van der Waals surface area contributed by atoms with Crippen molar-refractivity contribution >= 4 is 10.0 Å². The molecule has 0 spiro atoms. The zero-order valence-electron chi connectivity index (χ0n) is 11.5. The topological polar surface area (TPSA) is 85.3 Å². The first kappa shape index (κ1) is 14.8. The fraction of sp³-hybridized carbons (Fsp3) is 0.286. The number of aryl methyl sites for hydroxylation is 1. The third-order valence-corrected chi connectivity index (χ3v) is 3.82. The Bertz CT molecular complexity index is 692. The van der Waals surface area contributed by atoms with E-state index in [-0.39, 0.29) is 11.1 Å². The standard InChI is InChI=1S/C14H18N2O3S/c1-10-4-3-5-12(8-10)11(2)16-9-13-6-7-14(19-13)20(15,17)18/h3-8,11,16H,9H2,1-2H3,(H2,15,17,18)/t11-/m1/s1. The minimum absolute atomic E-state index is 0.137. The van der Waals surface area contributed by atoms with E-state index >= 15 is 0 Å². The third kappa shape index (κ3) is 3.69. The largest absolute Gasteiger partial charge is 0.447 e. The van der Waals surface area contributed by atoms with Crippen LogP contribution in [-0.4, -0.2) is 8.42 Å². The minimum Gasteiger partial charge on any atom is -0.447 e. The van der Waals surface area contributed by atoms with Crippen LogP contribution in [0.25, 0.3) is 0 Å². The van der Waals surface area contributed by atoms with Gasteiger partial charge in [-0.2, -0.15) is 0 Å². The maximum absolute atomic E-state index is 11.1. The monoisotopic (exact) mass is 294 g/mol. The molecule has 0 aliphatic carbocycles. The molecule has 0 fully saturated rings. The van der Waals surface area contributed by atoms with Gasteiger partial charge in [0.25, 0.3) is 10.0 Å². The van der Waals surface area contributed by atoms with Gasteiger partial charge in [-0.05, 0) is 31.5 Å². The van der Waals surface area contributed by atoms with Crippen molar-refractivity contribution in [2.75, 3.05) is 0 Å². The van der Waals surface area contributed by atoms with Gasteiger partial charge >= 0.3 is 0 Å². The Hall–Kier alpha value is -1.63. The highest BCUT2D eigenvalue weighted by Gasteiger charge is 2.13. The summed E-state index contributed by atoms with van der Waals surface area (Å²) in [5.74, 6) is 0.536. The Balaban J connectivity index is 2.00. The van der Waals surface area contributed by atoms with Crippen LogP contribution in [0.1, 0.15) is 29.9 Å². The molecule has 0 radical (unpaired) electrons. The molecular weight excluding hydrogens is 276 g/mol. The predicted molar refractivity (Wildman–Crippen MR) is 76.5 cm³/mol. The number of furan rings is 1. The molecule has 0 saturated carbocycles. The maximum atomic E-state index is 11.1. The second kappa shape index (κ2) is 5.78. The quantitative estimate of drug-likeness (QED) is 0.884. The van der Waals surface area contributed by atoms with Crippen LogP contribution in [0.5, 0.6) is 0 Å². The van der Waals surface area contributed by atoms with Crippen molar-refractivity contribution in [3.8, 4) is 0 Å². The van der Waals surface area contributed by atoms with Crippen molar-refractivity contribution in [1.82, 2.24) is 5.32 Å². The van der Waals surface area contributed by atoms with Crippen LogP contribution in [0.15, 0.2) is 45.9 Å². The summed E-state index contributed by atoms with van der Waals surface area (Å²) in [5.41, 5.74) is 2.37. The van der Waals surface area contributed by atoms with Gasteiger partial charge in [0.1, 0.15) is 5.76 Å². The molecule has 2 rings (SSSR count). The lowest BCUT2D eigenvalue weighted by Gasteiger charge is -2.13. The molecule has 1 aromatic carbocycles. The molecule has 1 heterocycles. The van der Waals surface area contributed by atoms with E-state index in [4.69, 9.17) is 9.56 Å².